The Morgan fingerprint density at radius 3 is 3.00 bits per heavy atom. The predicted molar refractivity (Wildman–Crippen MR) is 52.6 cm³/mol. The Bertz CT molecular complexity index is 433. The fourth-order valence-corrected chi connectivity index (χ4v) is 1.75. The maximum atomic E-state index is 10.6. The third-order valence-electron chi connectivity index (χ3n) is 1.83. The third kappa shape index (κ3) is 1.82. The molecule has 0 saturated carbocycles. The van der Waals surface area contributed by atoms with Crippen LogP contribution in [0.5, 0.6) is 0 Å². The molecule has 0 fully saturated rings. The number of rotatable bonds is 3. The first kappa shape index (κ1) is 8.96. The number of aromatic nitrogens is 2. The molecule has 0 bridgehead atoms. The van der Waals surface area contributed by atoms with Crippen LogP contribution in [-0.4, -0.2) is 20.0 Å². The molecule has 5 heteroatoms. The van der Waals surface area contributed by atoms with E-state index in [9.17, 15) is 4.79 Å². The Hall–Kier alpha value is -1.62. The van der Waals surface area contributed by atoms with E-state index in [0.717, 1.165) is 4.88 Å². The van der Waals surface area contributed by atoms with Crippen molar-refractivity contribution >= 4 is 17.5 Å². The normalized spacial score (nSPS) is 10.3. The number of aromatic carboxylic acids is 1. The topological polar surface area (TPSA) is 55.1 Å². The number of carbonyl (C=O) groups is 1. The Morgan fingerprint density at radius 1 is 1.57 bits per heavy atom. The predicted octanol–water partition coefficient (Wildman–Crippen LogP) is 1.69. The number of carboxylic acids is 1. The standard InChI is InChI=1S/C9H8N2O2S/c12-9(13)7-2-4-11(5-7)6-8-1-3-10-14-8/h1-5H,6H2,(H,12,13). The van der Waals surface area contributed by atoms with Gasteiger partial charge in [0.15, 0.2) is 0 Å². The van der Waals surface area contributed by atoms with Crippen molar-refractivity contribution < 1.29 is 9.90 Å². The van der Waals surface area contributed by atoms with Crippen LogP contribution in [-0.2, 0) is 6.54 Å². The average Bonchev–Trinajstić information content (AvgIpc) is 2.75. The molecule has 0 aromatic carbocycles. The molecule has 1 N–H and O–H groups in total. The van der Waals surface area contributed by atoms with Crippen LogP contribution < -0.4 is 0 Å². The molecule has 0 unspecified atom stereocenters. The van der Waals surface area contributed by atoms with E-state index in [1.54, 1.807) is 24.7 Å². The first-order chi connectivity index (χ1) is 6.75. The fraction of sp³-hybridized carbons (Fsp3) is 0.111. The van der Waals surface area contributed by atoms with Crippen molar-refractivity contribution in [1.82, 2.24) is 8.94 Å². The molecule has 14 heavy (non-hydrogen) atoms. The first-order valence-corrected chi connectivity index (χ1v) is 4.81. The first-order valence-electron chi connectivity index (χ1n) is 4.04. The van der Waals surface area contributed by atoms with Gasteiger partial charge in [0, 0.05) is 23.5 Å². The monoisotopic (exact) mass is 208 g/mol. The van der Waals surface area contributed by atoms with Crippen LogP contribution in [0.2, 0.25) is 0 Å². The fourth-order valence-electron chi connectivity index (χ4n) is 1.17. The minimum absolute atomic E-state index is 0.314. The molecule has 2 aromatic heterocycles. The summed E-state index contributed by atoms with van der Waals surface area (Å²) < 4.78 is 5.80. The number of nitrogens with zero attached hydrogens (tertiary/aromatic N) is 2. The summed E-state index contributed by atoms with van der Waals surface area (Å²) in [5.74, 6) is -0.895. The molecule has 72 valence electrons. The van der Waals surface area contributed by atoms with Crippen LogP contribution in [0.3, 0.4) is 0 Å². The maximum Gasteiger partial charge on any atom is 0.337 e. The molecule has 2 aromatic rings. The molecule has 2 heterocycles. The van der Waals surface area contributed by atoms with Gasteiger partial charge in [-0.2, -0.15) is 0 Å². The van der Waals surface area contributed by atoms with Gasteiger partial charge in [-0.05, 0) is 23.7 Å². The molecule has 0 aliphatic heterocycles. The van der Waals surface area contributed by atoms with Gasteiger partial charge in [0.25, 0.3) is 0 Å². The number of hydrogen-bond acceptors (Lipinski definition) is 3. The van der Waals surface area contributed by atoms with Crippen LogP contribution in [0, 0.1) is 0 Å². The van der Waals surface area contributed by atoms with E-state index in [2.05, 4.69) is 4.37 Å². The summed E-state index contributed by atoms with van der Waals surface area (Å²) in [6.07, 6.45) is 5.10. The lowest BCUT2D eigenvalue weighted by Crippen LogP contribution is -1.96. The third-order valence-corrected chi connectivity index (χ3v) is 2.55. The molecule has 0 atom stereocenters. The van der Waals surface area contributed by atoms with E-state index in [4.69, 9.17) is 5.11 Å². The highest BCUT2D eigenvalue weighted by Crippen LogP contribution is 2.09. The van der Waals surface area contributed by atoms with Gasteiger partial charge in [-0.25, -0.2) is 9.17 Å². The van der Waals surface area contributed by atoms with Gasteiger partial charge in [0.05, 0.1) is 12.1 Å². The molecule has 0 radical (unpaired) electrons. The molecule has 4 nitrogen and oxygen atoms in total. The largest absolute Gasteiger partial charge is 0.478 e. The molecular formula is C9H8N2O2S. The van der Waals surface area contributed by atoms with E-state index in [1.165, 1.54) is 11.5 Å². The van der Waals surface area contributed by atoms with Crippen molar-refractivity contribution in [1.29, 1.82) is 0 Å². The minimum atomic E-state index is -0.895. The summed E-state index contributed by atoms with van der Waals surface area (Å²) >= 11 is 1.42. The zero-order chi connectivity index (χ0) is 9.97. The Morgan fingerprint density at radius 2 is 2.43 bits per heavy atom. The van der Waals surface area contributed by atoms with Crippen molar-refractivity contribution in [3.8, 4) is 0 Å². The van der Waals surface area contributed by atoms with Crippen LogP contribution in [0.15, 0.2) is 30.7 Å². The summed E-state index contributed by atoms with van der Waals surface area (Å²) in [7, 11) is 0. The van der Waals surface area contributed by atoms with Gasteiger partial charge in [-0.15, -0.1) is 0 Å². The summed E-state index contributed by atoms with van der Waals surface area (Å²) in [5.41, 5.74) is 0.314. The van der Waals surface area contributed by atoms with Crippen molar-refractivity contribution in [2.45, 2.75) is 6.54 Å². The van der Waals surface area contributed by atoms with E-state index < -0.39 is 5.97 Å². The van der Waals surface area contributed by atoms with Gasteiger partial charge < -0.3 is 9.67 Å². The Balaban J connectivity index is 2.14. The second-order valence-corrected chi connectivity index (χ2v) is 3.77. The molecule has 0 aliphatic rings. The Labute approximate surface area is 84.6 Å². The van der Waals surface area contributed by atoms with Gasteiger partial charge in [0.2, 0.25) is 0 Å². The van der Waals surface area contributed by atoms with E-state index in [1.807, 2.05) is 10.6 Å². The molecule has 0 aliphatic carbocycles. The second kappa shape index (κ2) is 3.63. The zero-order valence-electron chi connectivity index (χ0n) is 7.25. The van der Waals surface area contributed by atoms with Crippen molar-refractivity contribution in [3.05, 3.63) is 41.2 Å². The van der Waals surface area contributed by atoms with Crippen molar-refractivity contribution in [2.75, 3.05) is 0 Å². The van der Waals surface area contributed by atoms with Gasteiger partial charge in [-0.3, -0.25) is 0 Å². The molecule has 0 saturated heterocycles. The SMILES string of the molecule is O=C(O)c1ccn(Cc2ccns2)c1. The molecule has 0 spiro atoms. The summed E-state index contributed by atoms with van der Waals surface area (Å²) in [5, 5.41) is 8.70. The van der Waals surface area contributed by atoms with E-state index >= 15 is 0 Å². The second-order valence-electron chi connectivity index (χ2n) is 2.86. The molecule has 2 rings (SSSR count). The quantitative estimate of drug-likeness (QED) is 0.835. The lowest BCUT2D eigenvalue weighted by molar-refractivity contribution is 0.0697. The summed E-state index contributed by atoms with van der Waals surface area (Å²) in [6.45, 7) is 0.679. The zero-order valence-corrected chi connectivity index (χ0v) is 8.07. The van der Waals surface area contributed by atoms with Crippen LogP contribution in [0.25, 0.3) is 0 Å². The van der Waals surface area contributed by atoms with Gasteiger partial charge in [-0.1, -0.05) is 0 Å². The Kier molecular flexibility index (Phi) is 2.32. The highest BCUT2D eigenvalue weighted by Gasteiger charge is 2.04. The lowest BCUT2D eigenvalue weighted by atomic mass is 10.4. The van der Waals surface area contributed by atoms with Crippen LogP contribution in [0.1, 0.15) is 15.2 Å². The molecule has 0 amide bonds. The van der Waals surface area contributed by atoms with E-state index in [-0.39, 0.29) is 0 Å². The van der Waals surface area contributed by atoms with Crippen LogP contribution >= 0.6 is 11.5 Å². The highest BCUT2D eigenvalue weighted by atomic mass is 32.1. The average molecular weight is 208 g/mol. The summed E-state index contributed by atoms with van der Waals surface area (Å²) in [6, 6.07) is 3.51. The van der Waals surface area contributed by atoms with Gasteiger partial charge in [0.1, 0.15) is 0 Å². The molecular weight excluding hydrogens is 200 g/mol. The number of carboxylic acid groups (broad SMARTS) is 1. The lowest BCUT2D eigenvalue weighted by Gasteiger charge is -1.97. The smallest absolute Gasteiger partial charge is 0.337 e. The van der Waals surface area contributed by atoms with Crippen molar-refractivity contribution in [3.63, 3.8) is 0 Å². The minimum Gasteiger partial charge on any atom is -0.478 e. The van der Waals surface area contributed by atoms with E-state index in [0.29, 0.717) is 12.1 Å². The highest BCUT2D eigenvalue weighted by molar-refractivity contribution is 7.05. The number of hydrogen-bond donors (Lipinski definition) is 1. The van der Waals surface area contributed by atoms with Gasteiger partial charge >= 0.3 is 5.97 Å². The summed E-state index contributed by atoms with van der Waals surface area (Å²) in [4.78, 5) is 11.7. The van der Waals surface area contributed by atoms with Crippen LogP contribution in [0.4, 0.5) is 0 Å². The van der Waals surface area contributed by atoms with Crippen molar-refractivity contribution in [2.24, 2.45) is 0 Å². The maximum absolute atomic E-state index is 10.6.